The summed E-state index contributed by atoms with van der Waals surface area (Å²) in [7, 11) is 0. The minimum atomic E-state index is -1.09. The molecule has 2 aliphatic carbocycles. The molecule has 1 unspecified atom stereocenters. The molecule has 224 valence electrons. The summed E-state index contributed by atoms with van der Waals surface area (Å²) < 4.78 is 5.23. The predicted octanol–water partition coefficient (Wildman–Crippen LogP) is 3.30. The third-order valence-corrected chi connectivity index (χ3v) is 9.67. The summed E-state index contributed by atoms with van der Waals surface area (Å²) in [6.45, 7) is 0.648. The molecule has 2 aromatic heterocycles. The molecule has 0 aromatic carbocycles. The second kappa shape index (κ2) is 13.6. The molecule has 0 spiro atoms. The smallest absolute Gasteiger partial charge is 0.412 e. The molecule has 41 heavy (non-hydrogen) atoms. The lowest BCUT2D eigenvalue weighted by Gasteiger charge is -2.42. The minimum Gasteiger partial charge on any atom is -0.465 e. The number of aromatic hydroxyl groups is 1. The summed E-state index contributed by atoms with van der Waals surface area (Å²) in [4.78, 5) is 43.2. The number of carbonyl (C=O) groups excluding carboxylic acids is 2. The lowest BCUT2D eigenvalue weighted by molar-refractivity contribution is -0.145. The Morgan fingerprint density at radius 1 is 1.07 bits per heavy atom. The highest BCUT2D eigenvalue weighted by Gasteiger charge is 2.41. The van der Waals surface area contributed by atoms with Gasteiger partial charge in [-0.3, -0.25) is 9.59 Å². The normalized spacial score (nSPS) is 24.6. The number of amides is 3. The van der Waals surface area contributed by atoms with Crippen molar-refractivity contribution in [2.45, 2.75) is 94.8 Å². The van der Waals surface area contributed by atoms with E-state index in [-0.39, 0.29) is 43.4 Å². The van der Waals surface area contributed by atoms with Gasteiger partial charge in [-0.15, -0.1) is 16.4 Å². The van der Waals surface area contributed by atoms with Crippen molar-refractivity contribution in [1.82, 2.24) is 30.6 Å². The van der Waals surface area contributed by atoms with E-state index in [1.54, 1.807) is 4.90 Å². The molecule has 3 fully saturated rings. The molecule has 3 amide bonds. The molecule has 3 heterocycles. The number of hydrogen-bond donors (Lipinski definition) is 4. The first-order valence-electron chi connectivity index (χ1n) is 14.7. The Hall–Kier alpha value is -3.19. The first-order chi connectivity index (χ1) is 19.9. The van der Waals surface area contributed by atoms with Gasteiger partial charge in [0.25, 0.3) is 0 Å². The lowest BCUT2D eigenvalue weighted by atomic mass is 9.82. The summed E-state index contributed by atoms with van der Waals surface area (Å²) in [5.74, 6) is 0.505. The summed E-state index contributed by atoms with van der Waals surface area (Å²) in [5, 5.41) is 35.1. The van der Waals surface area contributed by atoms with Crippen LogP contribution in [-0.2, 0) is 16.1 Å². The Morgan fingerprint density at radius 3 is 2.51 bits per heavy atom. The molecule has 1 saturated heterocycles. The minimum absolute atomic E-state index is 0.0460. The van der Waals surface area contributed by atoms with Crippen LogP contribution in [0.3, 0.4) is 0 Å². The van der Waals surface area contributed by atoms with Crippen molar-refractivity contribution >= 4 is 29.2 Å². The fraction of sp³-hybridized carbons (Fsp3) is 0.679. The number of rotatable bonds is 9. The van der Waals surface area contributed by atoms with Gasteiger partial charge >= 0.3 is 12.2 Å². The van der Waals surface area contributed by atoms with Crippen LogP contribution in [0.2, 0.25) is 0 Å². The van der Waals surface area contributed by atoms with E-state index in [2.05, 4.69) is 20.8 Å². The van der Waals surface area contributed by atoms with Gasteiger partial charge in [-0.1, -0.05) is 43.3 Å². The number of nitrogens with zero attached hydrogens (tertiary/aromatic N) is 4. The van der Waals surface area contributed by atoms with Crippen molar-refractivity contribution in [1.29, 1.82) is 0 Å². The maximum absolute atomic E-state index is 14.2. The van der Waals surface area contributed by atoms with Crippen molar-refractivity contribution in [3.63, 3.8) is 0 Å². The van der Waals surface area contributed by atoms with Crippen LogP contribution < -0.4 is 10.6 Å². The van der Waals surface area contributed by atoms with E-state index in [0.717, 1.165) is 43.4 Å². The quantitative estimate of drug-likeness (QED) is 0.344. The van der Waals surface area contributed by atoms with E-state index in [4.69, 9.17) is 4.42 Å². The summed E-state index contributed by atoms with van der Waals surface area (Å²) in [6.07, 6.45) is 8.18. The maximum Gasteiger partial charge on any atom is 0.412 e. The van der Waals surface area contributed by atoms with Gasteiger partial charge in [0.2, 0.25) is 17.7 Å². The number of hydrogen-bond acceptors (Lipinski definition) is 9. The fourth-order valence-corrected chi connectivity index (χ4v) is 7.17. The number of carboxylic acid groups (broad SMARTS) is 1. The number of nitrogens with one attached hydrogen (secondary N) is 2. The predicted molar refractivity (Wildman–Crippen MR) is 150 cm³/mol. The molecule has 12 nitrogen and oxygen atoms in total. The molecule has 0 bridgehead atoms. The van der Waals surface area contributed by atoms with Crippen molar-refractivity contribution in [3.05, 3.63) is 28.3 Å². The van der Waals surface area contributed by atoms with Gasteiger partial charge in [0.05, 0.1) is 19.1 Å². The third-order valence-electron chi connectivity index (χ3n) is 8.79. The van der Waals surface area contributed by atoms with Crippen LogP contribution >= 0.6 is 11.3 Å². The molecule has 2 aromatic rings. The molecule has 5 rings (SSSR count). The highest BCUT2D eigenvalue weighted by molar-refractivity contribution is 7.09. The SMILES string of the molecule is O=C(NCc1cccs1)[C@@H]1CN(C(=O)O)CCN1C(=O)C(CC1CCCCC1)NC1CCC(c2nnc(O)o2)CC1. The summed E-state index contributed by atoms with van der Waals surface area (Å²) in [6, 6.07) is 2.63. The topological polar surface area (TPSA) is 161 Å². The zero-order valence-corrected chi connectivity index (χ0v) is 24.1. The lowest BCUT2D eigenvalue weighted by Crippen LogP contribution is -2.64. The van der Waals surface area contributed by atoms with Crippen LogP contribution in [0, 0.1) is 5.92 Å². The summed E-state index contributed by atoms with van der Waals surface area (Å²) in [5.41, 5.74) is 0. The fourth-order valence-electron chi connectivity index (χ4n) is 6.53. The monoisotopic (exact) mass is 588 g/mol. The van der Waals surface area contributed by atoms with Gasteiger partial charge in [0, 0.05) is 29.9 Å². The molecule has 13 heteroatoms. The summed E-state index contributed by atoms with van der Waals surface area (Å²) >= 11 is 1.53. The van der Waals surface area contributed by atoms with Crippen LogP contribution in [0.1, 0.15) is 80.9 Å². The average Bonchev–Trinajstić information content (AvgIpc) is 3.68. The van der Waals surface area contributed by atoms with Crippen molar-refractivity contribution < 1.29 is 29.0 Å². The second-order valence-electron chi connectivity index (χ2n) is 11.5. The second-order valence-corrected chi connectivity index (χ2v) is 12.5. The Balaban J connectivity index is 1.28. The van der Waals surface area contributed by atoms with E-state index in [1.165, 1.54) is 35.5 Å². The van der Waals surface area contributed by atoms with Crippen LogP contribution in [0.25, 0.3) is 0 Å². The zero-order chi connectivity index (χ0) is 28.8. The van der Waals surface area contributed by atoms with Gasteiger partial charge in [0.1, 0.15) is 6.04 Å². The molecule has 2 atom stereocenters. The Kier molecular flexibility index (Phi) is 9.76. The van der Waals surface area contributed by atoms with Crippen molar-refractivity contribution in [2.75, 3.05) is 19.6 Å². The van der Waals surface area contributed by atoms with E-state index in [9.17, 15) is 24.6 Å². The molecule has 3 aliphatic rings. The van der Waals surface area contributed by atoms with E-state index in [1.807, 2.05) is 17.5 Å². The number of carbonyl (C=O) groups is 3. The first-order valence-corrected chi connectivity index (χ1v) is 15.6. The van der Waals surface area contributed by atoms with E-state index < -0.39 is 24.3 Å². The van der Waals surface area contributed by atoms with Gasteiger partial charge < -0.3 is 35.1 Å². The van der Waals surface area contributed by atoms with Crippen LogP contribution in [0.15, 0.2) is 21.9 Å². The first kappa shape index (κ1) is 29.3. The molecular formula is C28H40N6O6S. The Labute approximate surface area is 243 Å². The Morgan fingerprint density at radius 2 is 1.85 bits per heavy atom. The van der Waals surface area contributed by atoms with Crippen molar-refractivity contribution in [2.24, 2.45) is 5.92 Å². The van der Waals surface area contributed by atoms with Gasteiger partial charge in [-0.25, -0.2) is 4.79 Å². The van der Waals surface area contributed by atoms with Gasteiger partial charge in [0.15, 0.2) is 0 Å². The van der Waals surface area contributed by atoms with Crippen LogP contribution in [0.4, 0.5) is 4.79 Å². The van der Waals surface area contributed by atoms with Crippen LogP contribution in [0.5, 0.6) is 6.08 Å². The molecular weight excluding hydrogens is 548 g/mol. The highest BCUT2D eigenvalue weighted by Crippen LogP contribution is 2.34. The standard InChI is InChI=1S/C28H40N6O6S/c35-24(29-16-21-7-4-14-41-21)23-17-33(28(38)39)12-13-34(23)26(36)22(15-18-5-2-1-3-6-18)30-20-10-8-19(9-11-20)25-31-32-27(37)40-25/h4,7,14,18-20,22-23,30H,1-3,5-6,8-13,15-17H2,(H,29,35)(H,32,37)(H,38,39)/t19?,20?,22?,23-/m0/s1. The Bertz CT molecular complexity index is 1160. The van der Waals surface area contributed by atoms with E-state index in [0.29, 0.717) is 24.8 Å². The van der Waals surface area contributed by atoms with Gasteiger partial charge in [-0.2, -0.15) is 0 Å². The number of aromatic nitrogens is 2. The molecule has 2 saturated carbocycles. The molecule has 0 radical (unpaired) electrons. The average molecular weight is 589 g/mol. The zero-order valence-electron chi connectivity index (χ0n) is 23.2. The molecule has 1 aliphatic heterocycles. The molecule has 4 N–H and O–H groups in total. The number of thiophene rings is 1. The van der Waals surface area contributed by atoms with Crippen LogP contribution in [-0.4, -0.2) is 85.9 Å². The highest BCUT2D eigenvalue weighted by atomic mass is 32.1. The maximum atomic E-state index is 14.2. The largest absolute Gasteiger partial charge is 0.465 e. The third kappa shape index (κ3) is 7.56. The van der Waals surface area contributed by atoms with Gasteiger partial charge in [-0.05, 0) is 49.5 Å². The van der Waals surface area contributed by atoms with E-state index >= 15 is 0 Å². The van der Waals surface area contributed by atoms with Crippen molar-refractivity contribution in [3.8, 4) is 6.08 Å². The number of piperazine rings is 1.